The van der Waals surface area contributed by atoms with E-state index in [9.17, 15) is 9.59 Å². The highest BCUT2D eigenvalue weighted by Gasteiger charge is 2.39. The number of ether oxygens (including phenoxy) is 1. The molecule has 0 fully saturated rings. The monoisotopic (exact) mass is 340 g/mol. The number of cyclic esters (lactones) is 1. The van der Waals surface area contributed by atoms with E-state index in [2.05, 4.69) is 20.6 Å². The summed E-state index contributed by atoms with van der Waals surface area (Å²) in [6.45, 7) is 4.51. The Labute approximate surface area is 145 Å². The number of fused-ring (bicyclic) bond motifs is 1. The molecular formula is C18H20N4O3. The number of carbonyl (C=O) groups excluding carboxylic acids is 2. The van der Waals surface area contributed by atoms with Gasteiger partial charge in [0, 0.05) is 43.7 Å². The van der Waals surface area contributed by atoms with Crippen LogP contribution in [0, 0.1) is 0 Å². The number of hydrogen-bond donors (Lipinski definition) is 2. The van der Waals surface area contributed by atoms with E-state index in [1.165, 1.54) is 0 Å². The van der Waals surface area contributed by atoms with Crippen molar-refractivity contribution >= 4 is 17.7 Å². The number of pyridine rings is 2. The average molecular weight is 340 g/mol. The maximum atomic E-state index is 12.1. The molecule has 1 amide bonds. The highest BCUT2D eigenvalue weighted by atomic mass is 16.6. The second kappa shape index (κ2) is 6.88. The van der Waals surface area contributed by atoms with Gasteiger partial charge in [-0.25, -0.2) is 9.78 Å². The van der Waals surface area contributed by atoms with Crippen molar-refractivity contribution in [3.63, 3.8) is 0 Å². The first-order chi connectivity index (χ1) is 12.0. The molecule has 0 saturated heterocycles. The van der Waals surface area contributed by atoms with Crippen molar-refractivity contribution in [2.24, 2.45) is 0 Å². The van der Waals surface area contributed by atoms with E-state index in [-0.39, 0.29) is 12.3 Å². The van der Waals surface area contributed by atoms with Crippen LogP contribution in [-0.2, 0) is 21.7 Å². The molecule has 7 heteroatoms. The van der Waals surface area contributed by atoms with Gasteiger partial charge in [-0.1, -0.05) is 0 Å². The third-order valence-corrected chi connectivity index (χ3v) is 4.04. The number of anilines is 1. The first kappa shape index (κ1) is 16.9. The zero-order chi connectivity index (χ0) is 17.9. The van der Waals surface area contributed by atoms with E-state index >= 15 is 0 Å². The number of hydrogen-bond acceptors (Lipinski definition) is 6. The molecule has 25 heavy (non-hydrogen) atoms. The zero-order valence-electron chi connectivity index (χ0n) is 14.2. The van der Waals surface area contributed by atoms with Crippen LogP contribution < -0.4 is 10.6 Å². The molecule has 2 aromatic rings. The maximum Gasteiger partial charge on any atom is 0.343 e. The van der Waals surface area contributed by atoms with Gasteiger partial charge in [0.2, 0.25) is 5.91 Å². The molecule has 3 heterocycles. The van der Waals surface area contributed by atoms with Gasteiger partial charge in [0.15, 0.2) is 0 Å². The van der Waals surface area contributed by atoms with Crippen molar-refractivity contribution < 1.29 is 14.3 Å². The lowest BCUT2D eigenvalue weighted by Crippen LogP contribution is -2.25. The highest BCUT2D eigenvalue weighted by Crippen LogP contribution is 2.38. The standard InChI is InChI=1S/C18H20N4O3/c1-18(2)13-5-9-20-16(15(13)17(24)25-18)21-10-6-14(23)22-11-12-3-7-19-8-4-12/h3-5,7-9H,6,10-11H2,1-2H3,(H,20,21)(H,22,23). The van der Waals surface area contributed by atoms with E-state index in [0.717, 1.165) is 11.1 Å². The van der Waals surface area contributed by atoms with Crippen LogP contribution in [0.3, 0.4) is 0 Å². The van der Waals surface area contributed by atoms with Gasteiger partial charge in [-0.05, 0) is 37.6 Å². The molecule has 0 aromatic carbocycles. The van der Waals surface area contributed by atoms with Gasteiger partial charge in [0.05, 0.1) is 0 Å². The lowest BCUT2D eigenvalue weighted by Gasteiger charge is -2.17. The van der Waals surface area contributed by atoms with Crippen LogP contribution in [-0.4, -0.2) is 28.4 Å². The van der Waals surface area contributed by atoms with Crippen LogP contribution in [0.2, 0.25) is 0 Å². The number of esters is 1. The molecule has 0 aliphatic carbocycles. The molecule has 130 valence electrons. The van der Waals surface area contributed by atoms with Crippen molar-refractivity contribution in [3.05, 3.63) is 53.5 Å². The second-order valence-electron chi connectivity index (χ2n) is 6.29. The predicted octanol–water partition coefficient (Wildman–Crippen LogP) is 2.00. The van der Waals surface area contributed by atoms with Gasteiger partial charge in [0.1, 0.15) is 17.0 Å². The van der Waals surface area contributed by atoms with Crippen molar-refractivity contribution in [2.75, 3.05) is 11.9 Å². The van der Waals surface area contributed by atoms with Crippen molar-refractivity contribution in [1.29, 1.82) is 0 Å². The Morgan fingerprint density at radius 3 is 2.72 bits per heavy atom. The lowest BCUT2D eigenvalue weighted by molar-refractivity contribution is -0.121. The Kier molecular flexibility index (Phi) is 4.65. The molecule has 0 radical (unpaired) electrons. The van der Waals surface area contributed by atoms with Crippen molar-refractivity contribution in [2.45, 2.75) is 32.4 Å². The fourth-order valence-corrected chi connectivity index (χ4v) is 2.73. The topological polar surface area (TPSA) is 93.2 Å². The number of amides is 1. The summed E-state index contributed by atoms with van der Waals surface area (Å²) in [7, 11) is 0. The molecule has 0 unspecified atom stereocenters. The third kappa shape index (κ3) is 3.76. The molecule has 2 N–H and O–H groups in total. The number of aromatic nitrogens is 2. The van der Waals surface area contributed by atoms with Gasteiger partial charge < -0.3 is 15.4 Å². The van der Waals surface area contributed by atoms with E-state index in [1.807, 2.05) is 26.0 Å². The van der Waals surface area contributed by atoms with Gasteiger partial charge in [-0.2, -0.15) is 0 Å². The summed E-state index contributed by atoms with van der Waals surface area (Å²) in [5.74, 6) is -0.0208. The molecule has 0 saturated carbocycles. The Bertz CT molecular complexity index is 790. The molecule has 7 nitrogen and oxygen atoms in total. The smallest absolute Gasteiger partial charge is 0.343 e. The molecule has 1 aliphatic rings. The molecule has 0 bridgehead atoms. The highest BCUT2D eigenvalue weighted by molar-refractivity contribution is 5.99. The molecule has 1 aliphatic heterocycles. The van der Waals surface area contributed by atoms with Gasteiger partial charge in [0.25, 0.3) is 0 Å². The second-order valence-corrected chi connectivity index (χ2v) is 6.29. The predicted molar refractivity (Wildman–Crippen MR) is 91.9 cm³/mol. The van der Waals surface area contributed by atoms with Crippen LogP contribution in [0.4, 0.5) is 5.82 Å². The summed E-state index contributed by atoms with van der Waals surface area (Å²) in [6, 6.07) is 5.49. The summed E-state index contributed by atoms with van der Waals surface area (Å²) in [6.07, 6.45) is 5.28. The van der Waals surface area contributed by atoms with Gasteiger partial charge >= 0.3 is 5.97 Å². The number of nitrogens with zero attached hydrogens (tertiary/aromatic N) is 2. The summed E-state index contributed by atoms with van der Waals surface area (Å²) < 4.78 is 5.37. The van der Waals surface area contributed by atoms with Crippen LogP contribution in [0.15, 0.2) is 36.8 Å². The Morgan fingerprint density at radius 1 is 1.20 bits per heavy atom. The van der Waals surface area contributed by atoms with Gasteiger partial charge in [-0.3, -0.25) is 9.78 Å². The quantitative estimate of drug-likeness (QED) is 0.781. The zero-order valence-corrected chi connectivity index (χ0v) is 14.2. The first-order valence-corrected chi connectivity index (χ1v) is 8.09. The molecular weight excluding hydrogens is 320 g/mol. The summed E-state index contributed by atoms with van der Waals surface area (Å²) in [4.78, 5) is 32.1. The Balaban J connectivity index is 1.54. The third-order valence-electron chi connectivity index (χ3n) is 4.04. The van der Waals surface area contributed by atoms with E-state index in [0.29, 0.717) is 24.5 Å². The summed E-state index contributed by atoms with van der Waals surface area (Å²) >= 11 is 0. The molecule has 3 rings (SSSR count). The van der Waals surface area contributed by atoms with Gasteiger partial charge in [-0.15, -0.1) is 0 Å². The fourth-order valence-electron chi connectivity index (χ4n) is 2.73. The fraction of sp³-hybridized carbons (Fsp3) is 0.333. The molecule has 0 atom stereocenters. The largest absolute Gasteiger partial charge is 0.451 e. The first-order valence-electron chi connectivity index (χ1n) is 8.09. The van der Waals surface area contributed by atoms with Crippen molar-refractivity contribution in [1.82, 2.24) is 15.3 Å². The van der Waals surface area contributed by atoms with Crippen LogP contribution in [0.5, 0.6) is 0 Å². The minimum absolute atomic E-state index is 0.0835. The molecule has 0 spiro atoms. The summed E-state index contributed by atoms with van der Waals surface area (Å²) in [5.41, 5.74) is 1.58. The molecule has 2 aromatic heterocycles. The van der Waals surface area contributed by atoms with E-state index in [1.54, 1.807) is 24.7 Å². The van der Waals surface area contributed by atoms with Crippen molar-refractivity contribution in [3.8, 4) is 0 Å². The van der Waals surface area contributed by atoms with Crippen LogP contribution in [0.25, 0.3) is 0 Å². The minimum Gasteiger partial charge on any atom is -0.451 e. The average Bonchev–Trinajstić information content (AvgIpc) is 2.84. The number of carbonyl (C=O) groups is 2. The SMILES string of the molecule is CC1(C)OC(=O)c2c1ccnc2NCCC(=O)NCc1ccncc1. The maximum absolute atomic E-state index is 12.1. The number of rotatable bonds is 6. The normalized spacial score (nSPS) is 14.6. The minimum atomic E-state index is -0.659. The van der Waals surface area contributed by atoms with E-state index < -0.39 is 11.6 Å². The summed E-state index contributed by atoms with van der Waals surface area (Å²) in [5, 5.41) is 5.90. The lowest BCUT2D eigenvalue weighted by atomic mass is 9.97. The Hall–Kier alpha value is -2.96. The Morgan fingerprint density at radius 2 is 1.96 bits per heavy atom. The van der Waals surface area contributed by atoms with E-state index in [4.69, 9.17) is 4.74 Å². The number of nitrogens with one attached hydrogen (secondary N) is 2. The van der Waals surface area contributed by atoms with Crippen LogP contribution >= 0.6 is 0 Å². The van der Waals surface area contributed by atoms with Crippen LogP contribution in [0.1, 0.15) is 41.8 Å².